The van der Waals surface area contributed by atoms with Gasteiger partial charge in [0.1, 0.15) is 0 Å². The quantitative estimate of drug-likeness (QED) is 0.807. The van der Waals surface area contributed by atoms with Crippen LogP contribution in [0.1, 0.15) is 30.1 Å². The van der Waals surface area contributed by atoms with Crippen molar-refractivity contribution in [2.45, 2.75) is 25.1 Å². The molecule has 0 fully saturated rings. The summed E-state index contributed by atoms with van der Waals surface area (Å²) in [5, 5.41) is 3.50. The summed E-state index contributed by atoms with van der Waals surface area (Å²) in [7, 11) is 0. The predicted molar refractivity (Wildman–Crippen MR) is 68.3 cm³/mol. The molecule has 0 radical (unpaired) electrons. The van der Waals surface area contributed by atoms with Crippen LogP contribution in [0, 0.1) is 0 Å². The van der Waals surface area contributed by atoms with Gasteiger partial charge in [0.05, 0.1) is 0 Å². The van der Waals surface area contributed by atoms with Gasteiger partial charge in [0, 0.05) is 22.5 Å². The van der Waals surface area contributed by atoms with E-state index in [4.69, 9.17) is 23.2 Å². The van der Waals surface area contributed by atoms with Crippen molar-refractivity contribution in [3.8, 4) is 0 Å². The van der Waals surface area contributed by atoms with Gasteiger partial charge < -0.3 is 5.32 Å². The van der Waals surface area contributed by atoms with Gasteiger partial charge in [0.15, 0.2) is 0 Å². The van der Waals surface area contributed by atoms with Crippen LogP contribution < -0.4 is 5.32 Å². The second-order valence-electron chi connectivity index (χ2n) is 3.56. The van der Waals surface area contributed by atoms with Crippen molar-refractivity contribution in [1.82, 2.24) is 5.32 Å². The highest BCUT2D eigenvalue weighted by molar-refractivity contribution is 6.30. The smallest absolute Gasteiger partial charge is 0.251 e. The van der Waals surface area contributed by atoms with Crippen LogP contribution in [0.4, 0.5) is 0 Å². The molecule has 2 nitrogen and oxygen atoms in total. The molecule has 4 heteroatoms. The van der Waals surface area contributed by atoms with Crippen molar-refractivity contribution in [3.05, 3.63) is 34.9 Å². The van der Waals surface area contributed by atoms with E-state index in [0.29, 0.717) is 17.1 Å². The number of halogens is 2. The zero-order valence-corrected chi connectivity index (χ0v) is 10.7. The third-order valence-corrected chi connectivity index (χ3v) is 3.03. The molecule has 0 aliphatic heterocycles. The Morgan fingerprint density at radius 2 is 2.25 bits per heavy atom. The number of hydrogen-bond acceptors (Lipinski definition) is 1. The first-order valence-electron chi connectivity index (χ1n) is 5.31. The van der Waals surface area contributed by atoms with E-state index in [0.717, 1.165) is 12.8 Å². The van der Waals surface area contributed by atoms with Crippen LogP contribution in [-0.2, 0) is 0 Å². The van der Waals surface area contributed by atoms with E-state index < -0.39 is 0 Å². The fraction of sp³-hybridized carbons (Fsp3) is 0.417. The van der Waals surface area contributed by atoms with Crippen LogP contribution >= 0.6 is 23.2 Å². The molecule has 1 unspecified atom stereocenters. The molecule has 0 saturated heterocycles. The molecule has 0 saturated carbocycles. The summed E-state index contributed by atoms with van der Waals surface area (Å²) < 4.78 is 0. The van der Waals surface area contributed by atoms with Gasteiger partial charge in [-0.3, -0.25) is 4.79 Å². The molecule has 0 spiro atoms. The molecule has 1 amide bonds. The van der Waals surface area contributed by atoms with E-state index in [1.165, 1.54) is 0 Å². The van der Waals surface area contributed by atoms with Gasteiger partial charge in [-0.1, -0.05) is 24.6 Å². The molecule has 0 aliphatic carbocycles. The zero-order chi connectivity index (χ0) is 12.0. The highest BCUT2D eigenvalue weighted by Crippen LogP contribution is 2.10. The van der Waals surface area contributed by atoms with Crippen molar-refractivity contribution in [2.75, 3.05) is 6.54 Å². The SMILES string of the molecule is CCC(Cl)CCNC(=O)c1cccc(Cl)c1. The summed E-state index contributed by atoms with van der Waals surface area (Å²) in [5.41, 5.74) is 0.579. The minimum Gasteiger partial charge on any atom is -0.352 e. The fourth-order valence-corrected chi connectivity index (χ4v) is 1.58. The lowest BCUT2D eigenvalue weighted by molar-refractivity contribution is 0.0953. The van der Waals surface area contributed by atoms with Crippen molar-refractivity contribution in [1.29, 1.82) is 0 Å². The first kappa shape index (κ1) is 13.3. The number of carbonyl (C=O) groups excluding carboxylic acids is 1. The summed E-state index contributed by atoms with van der Waals surface area (Å²) in [6, 6.07) is 6.88. The molecule has 0 aromatic heterocycles. The Hall–Kier alpha value is -0.730. The number of benzene rings is 1. The van der Waals surface area contributed by atoms with Crippen molar-refractivity contribution < 1.29 is 4.79 Å². The third kappa shape index (κ3) is 4.42. The van der Waals surface area contributed by atoms with Gasteiger partial charge in [0.25, 0.3) is 5.91 Å². The van der Waals surface area contributed by atoms with Crippen molar-refractivity contribution >= 4 is 29.1 Å². The van der Waals surface area contributed by atoms with Gasteiger partial charge in [0.2, 0.25) is 0 Å². The monoisotopic (exact) mass is 259 g/mol. The highest BCUT2D eigenvalue weighted by atomic mass is 35.5. The Morgan fingerprint density at radius 1 is 1.50 bits per heavy atom. The largest absolute Gasteiger partial charge is 0.352 e. The summed E-state index contributed by atoms with van der Waals surface area (Å²) in [6.07, 6.45) is 1.69. The summed E-state index contributed by atoms with van der Waals surface area (Å²) in [4.78, 5) is 11.7. The molecule has 1 aromatic carbocycles. The average Bonchev–Trinajstić information content (AvgIpc) is 2.28. The average molecular weight is 260 g/mol. The molecule has 1 N–H and O–H groups in total. The topological polar surface area (TPSA) is 29.1 Å². The van der Waals surface area contributed by atoms with E-state index in [-0.39, 0.29) is 11.3 Å². The van der Waals surface area contributed by atoms with E-state index >= 15 is 0 Å². The molecule has 0 bridgehead atoms. The van der Waals surface area contributed by atoms with E-state index in [9.17, 15) is 4.79 Å². The molecule has 0 heterocycles. The van der Waals surface area contributed by atoms with Gasteiger partial charge in [-0.05, 0) is 31.0 Å². The molecule has 0 aliphatic rings. The molecule has 1 rings (SSSR count). The Morgan fingerprint density at radius 3 is 2.88 bits per heavy atom. The normalized spacial score (nSPS) is 12.2. The molecular weight excluding hydrogens is 245 g/mol. The van der Waals surface area contributed by atoms with Crippen LogP contribution in [0.2, 0.25) is 5.02 Å². The Balaban J connectivity index is 2.41. The fourth-order valence-electron chi connectivity index (χ4n) is 1.28. The van der Waals surface area contributed by atoms with E-state index in [1.807, 2.05) is 6.92 Å². The standard InChI is InChI=1S/C12H15Cl2NO/c1-2-10(13)6-7-15-12(16)9-4-3-5-11(14)8-9/h3-5,8,10H,2,6-7H2,1H3,(H,15,16). The lowest BCUT2D eigenvalue weighted by atomic mass is 10.2. The maximum absolute atomic E-state index is 11.7. The third-order valence-electron chi connectivity index (χ3n) is 2.27. The summed E-state index contributed by atoms with van der Waals surface area (Å²) >= 11 is 11.7. The van der Waals surface area contributed by atoms with Crippen molar-refractivity contribution in [3.63, 3.8) is 0 Å². The Kier molecular flexibility index (Phi) is 5.64. The predicted octanol–water partition coefficient (Wildman–Crippen LogP) is 3.48. The second-order valence-corrected chi connectivity index (χ2v) is 4.61. The Bertz CT molecular complexity index is 355. The number of carbonyl (C=O) groups is 1. The number of rotatable bonds is 5. The first-order chi connectivity index (χ1) is 7.63. The first-order valence-corrected chi connectivity index (χ1v) is 6.12. The lowest BCUT2D eigenvalue weighted by Gasteiger charge is -2.08. The maximum Gasteiger partial charge on any atom is 0.251 e. The number of amides is 1. The van der Waals surface area contributed by atoms with Crippen molar-refractivity contribution in [2.24, 2.45) is 0 Å². The molecular formula is C12H15Cl2NO. The lowest BCUT2D eigenvalue weighted by Crippen LogP contribution is -2.25. The van der Waals surface area contributed by atoms with Crippen LogP contribution in [0.25, 0.3) is 0 Å². The van der Waals surface area contributed by atoms with E-state index in [1.54, 1.807) is 24.3 Å². The molecule has 1 atom stereocenters. The van der Waals surface area contributed by atoms with Gasteiger partial charge in [-0.25, -0.2) is 0 Å². The molecule has 16 heavy (non-hydrogen) atoms. The summed E-state index contributed by atoms with van der Waals surface area (Å²) in [6.45, 7) is 2.61. The maximum atomic E-state index is 11.7. The highest BCUT2D eigenvalue weighted by Gasteiger charge is 2.06. The Labute approximate surface area is 106 Å². The zero-order valence-electron chi connectivity index (χ0n) is 9.17. The minimum atomic E-state index is -0.109. The second kappa shape index (κ2) is 6.77. The summed E-state index contributed by atoms with van der Waals surface area (Å²) in [5.74, 6) is -0.109. The number of hydrogen-bond donors (Lipinski definition) is 1. The van der Waals surface area contributed by atoms with Gasteiger partial charge in [-0.2, -0.15) is 0 Å². The van der Waals surface area contributed by atoms with Gasteiger partial charge in [-0.15, -0.1) is 11.6 Å². The number of alkyl halides is 1. The molecule has 1 aromatic rings. The van der Waals surface area contributed by atoms with E-state index in [2.05, 4.69) is 5.32 Å². The van der Waals surface area contributed by atoms with Crippen LogP contribution in [0.3, 0.4) is 0 Å². The van der Waals surface area contributed by atoms with Crippen LogP contribution in [0.15, 0.2) is 24.3 Å². The molecule has 88 valence electrons. The number of nitrogens with one attached hydrogen (secondary N) is 1. The van der Waals surface area contributed by atoms with Gasteiger partial charge >= 0.3 is 0 Å². The van der Waals surface area contributed by atoms with Crippen LogP contribution in [-0.4, -0.2) is 17.8 Å². The van der Waals surface area contributed by atoms with Crippen LogP contribution in [0.5, 0.6) is 0 Å². The minimum absolute atomic E-state index is 0.109.